The van der Waals surface area contributed by atoms with Crippen molar-refractivity contribution in [3.8, 4) is 0 Å². The normalized spacial score (nSPS) is 10.7. The standard InChI is InChI=1S/C3H2BF3NS.K/c5-4(6,7)3-1-8-2-9-3;/h1-2H;/q-1;+1. The first kappa shape index (κ1) is 11.1. The van der Waals surface area contributed by atoms with E-state index < -0.39 is 11.8 Å². The molecule has 1 aromatic rings. The average molecular weight is 191 g/mol. The topological polar surface area (TPSA) is 12.9 Å². The third-order valence-corrected chi connectivity index (χ3v) is 1.65. The molecule has 0 N–H and O–H groups in total. The van der Waals surface area contributed by atoms with Crippen molar-refractivity contribution in [1.29, 1.82) is 0 Å². The number of aromatic nitrogens is 1. The van der Waals surface area contributed by atoms with Gasteiger partial charge in [-0.3, -0.25) is 4.98 Å². The van der Waals surface area contributed by atoms with Crippen LogP contribution in [0.2, 0.25) is 0 Å². The number of nitrogens with zero attached hydrogens (tertiary/aromatic N) is 1. The van der Waals surface area contributed by atoms with E-state index in [1.54, 1.807) is 0 Å². The fourth-order valence-corrected chi connectivity index (χ4v) is 0.907. The van der Waals surface area contributed by atoms with Gasteiger partial charge in [0.1, 0.15) is 0 Å². The fraction of sp³-hybridized carbons (Fsp3) is 0. The maximum Gasteiger partial charge on any atom is 1.00 e. The molecule has 7 heteroatoms. The summed E-state index contributed by atoms with van der Waals surface area (Å²) in [5.74, 6) is 0. The molecule has 0 saturated heterocycles. The van der Waals surface area contributed by atoms with E-state index in [4.69, 9.17) is 0 Å². The van der Waals surface area contributed by atoms with Gasteiger partial charge in [-0.2, -0.15) is 11.3 Å². The smallest absolute Gasteiger partial charge is 0.444 e. The summed E-state index contributed by atoms with van der Waals surface area (Å²) in [7, 11) is 0. The van der Waals surface area contributed by atoms with Gasteiger partial charge in [-0.15, -0.1) is 0 Å². The summed E-state index contributed by atoms with van der Waals surface area (Å²) in [5.41, 5.74) is 1.17. The zero-order valence-electron chi connectivity index (χ0n) is 5.22. The molecule has 0 atom stereocenters. The Bertz CT molecular complexity index is 186. The van der Waals surface area contributed by atoms with Gasteiger partial charge in [0.15, 0.2) is 0 Å². The molecule has 0 radical (unpaired) electrons. The van der Waals surface area contributed by atoms with Crippen molar-refractivity contribution in [2.75, 3.05) is 0 Å². The first-order chi connectivity index (χ1) is 4.11. The largest absolute Gasteiger partial charge is 1.00 e. The summed E-state index contributed by atoms with van der Waals surface area (Å²) < 4.78 is 34.4. The summed E-state index contributed by atoms with van der Waals surface area (Å²) in [5, 5.41) is 0. The van der Waals surface area contributed by atoms with Crippen molar-refractivity contribution in [3.63, 3.8) is 0 Å². The SMILES string of the molecule is F[B-](F)(F)c1cncs1.[K+]. The van der Waals surface area contributed by atoms with Crippen molar-refractivity contribution in [1.82, 2.24) is 4.98 Å². The maximum atomic E-state index is 11.7. The molecule has 1 rings (SSSR count). The van der Waals surface area contributed by atoms with Gasteiger partial charge in [0, 0.05) is 6.20 Å². The van der Waals surface area contributed by atoms with Crippen LogP contribution in [0.15, 0.2) is 11.7 Å². The van der Waals surface area contributed by atoms with Crippen LogP contribution in [0.1, 0.15) is 0 Å². The van der Waals surface area contributed by atoms with E-state index >= 15 is 0 Å². The second-order valence-electron chi connectivity index (χ2n) is 1.48. The minimum atomic E-state index is -4.81. The molecule has 0 aliphatic carbocycles. The van der Waals surface area contributed by atoms with Crippen molar-refractivity contribution >= 4 is 23.1 Å². The molecule has 10 heavy (non-hydrogen) atoms. The van der Waals surface area contributed by atoms with Gasteiger partial charge in [0.25, 0.3) is 0 Å². The Labute approximate surface area is 103 Å². The number of rotatable bonds is 1. The second-order valence-corrected chi connectivity index (χ2v) is 2.40. The first-order valence-electron chi connectivity index (χ1n) is 2.19. The van der Waals surface area contributed by atoms with E-state index in [1.807, 2.05) is 0 Å². The summed E-state index contributed by atoms with van der Waals surface area (Å²) in [6.07, 6.45) is 0.838. The molecule has 0 aromatic carbocycles. The van der Waals surface area contributed by atoms with Crippen LogP contribution < -0.4 is 56.2 Å². The molecular formula is C3H2BF3KNS. The minimum absolute atomic E-state index is 0. The van der Waals surface area contributed by atoms with Gasteiger partial charge < -0.3 is 12.9 Å². The number of hydrogen-bond acceptors (Lipinski definition) is 2. The summed E-state index contributed by atoms with van der Waals surface area (Å²) in [6.45, 7) is -4.81. The predicted octanol–water partition coefficient (Wildman–Crippen LogP) is -1.80. The fourth-order valence-electron chi connectivity index (χ4n) is 0.387. The zero-order valence-corrected chi connectivity index (χ0v) is 9.16. The van der Waals surface area contributed by atoms with E-state index in [1.165, 1.54) is 5.51 Å². The van der Waals surface area contributed by atoms with E-state index in [-0.39, 0.29) is 51.4 Å². The number of halogens is 3. The zero-order chi connectivity index (χ0) is 6.91. The van der Waals surface area contributed by atoms with Gasteiger partial charge in [-0.1, -0.05) is 0 Å². The molecule has 0 aliphatic rings. The molecule has 0 fully saturated rings. The third-order valence-electron chi connectivity index (χ3n) is 0.774. The average Bonchev–Trinajstić information content (AvgIpc) is 2.08. The molecule has 0 saturated carbocycles. The van der Waals surface area contributed by atoms with Gasteiger partial charge >= 0.3 is 58.4 Å². The van der Waals surface area contributed by atoms with Crippen LogP contribution in [0, 0.1) is 0 Å². The Kier molecular flexibility index (Phi) is 4.70. The van der Waals surface area contributed by atoms with E-state index in [9.17, 15) is 12.9 Å². The molecule has 1 nitrogen and oxygen atoms in total. The maximum absolute atomic E-state index is 11.7. The molecular weight excluding hydrogens is 189 g/mol. The van der Waals surface area contributed by atoms with Crippen LogP contribution >= 0.6 is 11.3 Å². The molecule has 0 unspecified atom stereocenters. The third kappa shape index (κ3) is 3.02. The number of hydrogen-bond donors (Lipinski definition) is 0. The van der Waals surface area contributed by atoms with Gasteiger partial charge in [0.05, 0.1) is 5.51 Å². The van der Waals surface area contributed by atoms with E-state index in [2.05, 4.69) is 4.98 Å². The second kappa shape index (κ2) is 4.22. The van der Waals surface area contributed by atoms with E-state index in [0.717, 1.165) is 6.20 Å². The monoisotopic (exact) mass is 191 g/mol. The molecule has 0 aliphatic heterocycles. The van der Waals surface area contributed by atoms with Crippen molar-refractivity contribution in [2.45, 2.75) is 0 Å². The van der Waals surface area contributed by atoms with Crippen LogP contribution in [-0.2, 0) is 0 Å². The van der Waals surface area contributed by atoms with Gasteiger partial charge in [-0.25, -0.2) is 0 Å². The Morgan fingerprint density at radius 2 is 2.00 bits per heavy atom. The minimum Gasteiger partial charge on any atom is -0.444 e. The van der Waals surface area contributed by atoms with Crippen LogP contribution in [0.25, 0.3) is 0 Å². The van der Waals surface area contributed by atoms with Crippen LogP contribution in [-0.4, -0.2) is 12.0 Å². The molecule has 0 bridgehead atoms. The van der Waals surface area contributed by atoms with Crippen molar-refractivity contribution < 1.29 is 64.3 Å². The van der Waals surface area contributed by atoms with Gasteiger partial charge in [0.2, 0.25) is 0 Å². The van der Waals surface area contributed by atoms with Crippen LogP contribution in [0.3, 0.4) is 0 Å². The van der Waals surface area contributed by atoms with Gasteiger partial charge in [-0.05, 0) is 4.78 Å². The van der Waals surface area contributed by atoms with E-state index in [0.29, 0.717) is 11.3 Å². The first-order valence-corrected chi connectivity index (χ1v) is 3.07. The van der Waals surface area contributed by atoms with Crippen molar-refractivity contribution in [2.24, 2.45) is 0 Å². The summed E-state index contributed by atoms with van der Waals surface area (Å²) in [4.78, 5) is 3.30. The molecule has 50 valence electrons. The summed E-state index contributed by atoms with van der Waals surface area (Å²) in [6, 6.07) is 0. The Morgan fingerprint density at radius 1 is 1.40 bits per heavy atom. The van der Waals surface area contributed by atoms with Crippen LogP contribution in [0.5, 0.6) is 0 Å². The Morgan fingerprint density at radius 3 is 2.20 bits per heavy atom. The Balaban J connectivity index is 0.000000810. The van der Waals surface area contributed by atoms with Crippen molar-refractivity contribution in [3.05, 3.63) is 11.7 Å². The molecule has 0 amide bonds. The summed E-state index contributed by atoms with van der Waals surface area (Å²) >= 11 is 0.622. The number of thiazole rings is 1. The Hall–Kier alpha value is 1.12. The molecule has 0 spiro atoms. The molecule has 1 aromatic heterocycles. The predicted molar refractivity (Wildman–Crippen MR) is 30.8 cm³/mol. The van der Waals surface area contributed by atoms with Crippen LogP contribution in [0.4, 0.5) is 12.9 Å². The quantitative estimate of drug-likeness (QED) is 0.477. The molecule has 1 heterocycles.